The molecule has 1 aromatic rings. The topological polar surface area (TPSA) is 24.9 Å². The summed E-state index contributed by atoms with van der Waals surface area (Å²) in [5.74, 6) is 2.11. The van der Waals surface area contributed by atoms with Gasteiger partial charge in [-0.25, -0.2) is 4.98 Å². The maximum Gasteiger partial charge on any atom is 0.129 e. The Morgan fingerprint density at radius 1 is 1.14 bits per heavy atom. The van der Waals surface area contributed by atoms with Crippen LogP contribution in [0.5, 0.6) is 0 Å². The van der Waals surface area contributed by atoms with Crippen molar-refractivity contribution in [1.29, 1.82) is 0 Å². The van der Waals surface area contributed by atoms with Crippen LogP contribution in [-0.4, -0.2) is 11.5 Å². The molecule has 0 aliphatic carbocycles. The number of nitrogens with zero attached hydrogens (tertiary/aromatic N) is 1. The smallest absolute Gasteiger partial charge is 0.129 e. The lowest BCUT2D eigenvalue weighted by Gasteiger charge is -2.17. The van der Waals surface area contributed by atoms with Crippen LogP contribution in [-0.2, 0) is 12.8 Å². The molecule has 118 valence electrons. The van der Waals surface area contributed by atoms with Gasteiger partial charge in [-0.05, 0) is 43.2 Å². The van der Waals surface area contributed by atoms with Gasteiger partial charge in [-0.3, -0.25) is 0 Å². The molecular formula is C19H32N2. The molecule has 0 radical (unpaired) electrons. The number of fused-ring (bicyclic) bond motifs is 1. The van der Waals surface area contributed by atoms with E-state index in [9.17, 15) is 0 Å². The van der Waals surface area contributed by atoms with E-state index in [0.717, 1.165) is 24.7 Å². The summed E-state index contributed by atoms with van der Waals surface area (Å²) in [4.78, 5) is 4.78. The number of hydrogen-bond donors (Lipinski definition) is 1. The zero-order valence-electron chi connectivity index (χ0n) is 14.0. The molecule has 0 spiro atoms. The van der Waals surface area contributed by atoms with Crippen LogP contribution in [0, 0.1) is 5.92 Å². The van der Waals surface area contributed by atoms with E-state index in [0.29, 0.717) is 0 Å². The predicted octanol–water partition coefficient (Wildman–Crippen LogP) is 5.37. The number of rotatable bonds is 9. The minimum Gasteiger partial charge on any atom is -0.370 e. The van der Waals surface area contributed by atoms with E-state index in [-0.39, 0.29) is 0 Å². The van der Waals surface area contributed by atoms with Crippen LogP contribution in [0.1, 0.15) is 76.5 Å². The van der Waals surface area contributed by atoms with Gasteiger partial charge < -0.3 is 5.32 Å². The van der Waals surface area contributed by atoms with Crippen molar-refractivity contribution in [2.45, 2.75) is 78.1 Å². The first-order chi connectivity index (χ1) is 10.3. The van der Waals surface area contributed by atoms with Crippen molar-refractivity contribution in [2.24, 2.45) is 5.92 Å². The van der Waals surface area contributed by atoms with Crippen LogP contribution in [0.25, 0.3) is 0 Å². The first-order valence-electron chi connectivity index (χ1n) is 9.06. The van der Waals surface area contributed by atoms with E-state index in [1.54, 1.807) is 0 Å². The molecule has 2 nitrogen and oxygen atoms in total. The number of nitrogens with one attached hydrogen (secondary N) is 1. The van der Waals surface area contributed by atoms with Gasteiger partial charge in [0.25, 0.3) is 0 Å². The molecule has 0 saturated heterocycles. The fraction of sp³-hybridized carbons (Fsp3) is 0.737. The molecule has 0 bridgehead atoms. The molecule has 0 unspecified atom stereocenters. The maximum absolute atomic E-state index is 4.78. The van der Waals surface area contributed by atoms with Gasteiger partial charge in [-0.2, -0.15) is 0 Å². The number of hydrogen-bond acceptors (Lipinski definition) is 2. The maximum atomic E-state index is 4.78. The lowest BCUT2D eigenvalue weighted by molar-refractivity contribution is 0.410. The highest BCUT2D eigenvalue weighted by Crippen LogP contribution is 2.21. The Hall–Kier alpha value is -1.05. The van der Waals surface area contributed by atoms with Gasteiger partial charge in [0, 0.05) is 12.2 Å². The van der Waals surface area contributed by atoms with E-state index in [2.05, 4.69) is 31.3 Å². The lowest BCUT2D eigenvalue weighted by atomic mass is 9.94. The third kappa shape index (κ3) is 5.33. The van der Waals surface area contributed by atoms with E-state index < -0.39 is 0 Å². The average molecular weight is 288 g/mol. The Balaban J connectivity index is 1.67. The van der Waals surface area contributed by atoms with E-state index in [1.807, 2.05) is 0 Å². The molecule has 1 aromatic heterocycles. The largest absolute Gasteiger partial charge is 0.370 e. The molecule has 1 aliphatic rings. The van der Waals surface area contributed by atoms with Gasteiger partial charge in [-0.1, -0.05) is 58.4 Å². The summed E-state index contributed by atoms with van der Waals surface area (Å²) in [5.41, 5.74) is 2.67. The van der Waals surface area contributed by atoms with Crippen molar-refractivity contribution in [3.63, 3.8) is 0 Å². The molecule has 0 fully saturated rings. The van der Waals surface area contributed by atoms with Crippen LogP contribution < -0.4 is 5.32 Å². The summed E-state index contributed by atoms with van der Waals surface area (Å²) in [5, 5.41) is 3.43. The molecule has 2 heterocycles. The second kappa shape index (κ2) is 9.07. The molecule has 1 aliphatic heterocycles. The summed E-state index contributed by atoms with van der Waals surface area (Å²) >= 11 is 0. The van der Waals surface area contributed by atoms with Crippen LogP contribution in [0.2, 0.25) is 0 Å². The highest BCUT2D eigenvalue weighted by Gasteiger charge is 2.10. The minimum absolute atomic E-state index is 0.959. The fourth-order valence-electron chi connectivity index (χ4n) is 3.38. The molecule has 21 heavy (non-hydrogen) atoms. The number of pyridine rings is 1. The molecule has 2 heteroatoms. The normalized spacial score (nSPS) is 15.3. The molecule has 1 atom stereocenters. The second-order valence-electron chi connectivity index (χ2n) is 6.50. The standard InChI is InChI=1S/C19H32N2/c1-3-9-16(4-2)10-6-5-7-12-18-14-13-17-11-8-15-20-19(17)21-18/h13-14,16H,3-12,15H2,1-2H3,(H,20,21)/t16-/m0/s1. The van der Waals surface area contributed by atoms with E-state index in [4.69, 9.17) is 4.98 Å². The SMILES string of the molecule is CCC[C@H](CC)CCCCCc1ccc2c(n1)NCCC2. The van der Waals surface area contributed by atoms with Gasteiger partial charge in [-0.15, -0.1) is 0 Å². The highest BCUT2D eigenvalue weighted by molar-refractivity contribution is 5.46. The van der Waals surface area contributed by atoms with Crippen molar-refractivity contribution >= 4 is 5.82 Å². The quantitative estimate of drug-likeness (QED) is 0.618. The Labute approximate surface area is 130 Å². The Kier molecular flexibility index (Phi) is 7.05. The molecule has 0 aromatic carbocycles. The van der Waals surface area contributed by atoms with Crippen LogP contribution >= 0.6 is 0 Å². The number of anilines is 1. The van der Waals surface area contributed by atoms with Crippen molar-refractivity contribution in [1.82, 2.24) is 4.98 Å². The van der Waals surface area contributed by atoms with Crippen molar-refractivity contribution < 1.29 is 0 Å². The number of unbranched alkanes of at least 4 members (excludes halogenated alkanes) is 2. The van der Waals surface area contributed by atoms with Crippen molar-refractivity contribution in [3.05, 3.63) is 23.4 Å². The zero-order valence-corrected chi connectivity index (χ0v) is 14.0. The van der Waals surface area contributed by atoms with Gasteiger partial charge in [0.15, 0.2) is 0 Å². The summed E-state index contributed by atoms with van der Waals surface area (Å²) in [6, 6.07) is 4.51. The number of aryl methyl sites for hydroxylation is 2. The van der Waals surface area contributed by atoms with Gasteiger partial charge in [0.05, 0.1) is 0 Å². The van der Waals surface area contributed by atoms with Crippen LogP contribution in [0.15, 0.2) is 12.1 Å². The Bertz CT molecular complexity index is 414. The van der Waals surface area contributed by atoms with Gasteiger partial charge in [0.1, 0.15) is 5.82 Å². The summed E-state index contributed by atoms with van der Waals surface area (Å²) < 4.78 is 0. The van der Waals surface area contributed by atoms with E-state index in [1.165, 1.54) is 69.0 Å². The molecule has 2 rings (SSSR count). The van der Waals surface area contributed by atoms with Crippen LogP contribution in [0.3, 0.4) is 0 Å². The molecular weight excluding hydrogens is 256 g/mol. The van der Waals surface area contributed by atoms with Crippen molar-refractivity contribution in [3.8, 4) is 0 Å². The highest BCUT2D eigenvalue weighted by atomic mass is 15.0. The molecule has 1 N–H and O–H groups in total. The molecule has 0 saturated carbocycles. The number of aromatic nitrogens is 1. The minimum atomic E-state index is 0.959. The second-order valence-corrected chi connectivity index (χ2v) is 6.50. The fourth-order valence-corrected chi connectivity index (χ4v) is 3.38. The third-order valence-electron chi connectivity index (χ3n) is 4.77. The van der Waals surface area contributed by atoms with E-state index >= 15 is 0 Å². The van der Waals surface area contributed by atoms with Gasteiger partial charge >= 0.3 is 0 Å². The predicted molar refractivity (Wildman–Crippen MR) is 91.9 cm³/mol. The first-order valence-corrected chi connectivity index (χ1v) is 9.06. The first kappa shape index (κ1) is 16.3. The summed E-state index contributed by atoms with van der Waals surface area (Å²) in [7, 11) is 0. The molecule has 0 amide bonds. The zero-order chi connectivity index (χ0) is 14.9. The lowest BCUT2D eigenvalue weighted by Crippen LogP contribution is -2.13. The Morgan fingerprint density at radius 3 is 2.86 bits per heavy atom. The third-order valence-corrected chi connectivity index (χ3v) is 4.77. The summed E-state index contributed by atoms with van der Waals surface area (Å²) in [6.07, 6.45) is 13.1. The summed E-state index contributed by atoms with van der Waals surface area (Å²) in [6.45, 7) is 5.72. The average Bonchev–Trinajstić information content (AvgIpc) is 2.53. The van der Waals surface area contributed by atoms with Crippen LogP contribution in [0.4, 0.5) is 5.82 Å². The van der Waals surface area contributed by atoms with Gasteiger partial charge in [0.2, 0.25) is 0 Å². The monoisotopic (exact) mass is 288 g/mol. The Morgan fingerprint density at radius 2 is 2.05 bits per heavy atom. The van der Waals surface area contributed by atoms with Crippen molar-refractivity contribution in [2.75, 3.05) is 11.9 Å².